The van der Waals surface area contributed by atoms with Crippen LogP contribution in [0.25, 0.3) is 0 Å². The van der Waals surface area contributed by atoms with Gasteiger partial charge in [0.25, 0.3) is 0 Å². The molecule has 0 radical (unpaired) electrons. The minimum Gasteiger partial charge on any atom is -0.481 e. The molecule has 1 aliphatic carbocycles. The van der Waals surface area contributed by atoms with Crippen molar-refractivity contribution in [3.63, 3.8) is 0 Å². The molecule has 4 nitrogen and oxygen atoms in total. The fourth-order valence-corrected chi connectivity index (χ4v) is 3.04. The fraction of sp³-hybridized carbons (Fsp3) is 0.929. The third-order valence-corrected chi connectivity index (χ3v) is 4.20. The van der Waals surface area contributed by atoms with Crippen molar-refractivity contribution in [1.82, 2.24) is 0 Å². The van der Waals surface area contributed by atoms with Gasteiger partial charge in [-0.15, -0.1) is 0 Å². The number of hydrogen-bond acceptors (Lipinski definition) is 3. The second kappa shape index (κ2) is 6.53. The molecule has 1 saturated carbocycles. The molecule has 0 aromatic rings. The van der Waals surface area contributed by atoms with E-state index in [0.717, 1.165) is 38.9 Å². The topological polar surface area (TPSA) is 55.8 Å². The van der Waals surface area contributed by atoms with Crippen LogP contribution in [-0.4, -0.2) is 30.6 Å². The lowest BCUT2D eigenvalue weighted by atomic mass is 9.81. The number of carboxylic acid groups (broad SMARTS) is 1. The quantitative estimate of drug-likeness (QED) is 0.840. The van der Waals surface area contributed by atoms with E-state index in [0.29, 0.717) is 11.8 Å². The van der Waals surface area contributed by atoms with Gasteiger partial charge >= 0.3 is 5.97 Å². The van der Waals surface area contributed by atoms with Crippen molar-refractivity contribution in [2.24, 2.45) is 17.8 Å². The summed E-state index contributed by atoms with van der Waals surface area (Å²) in [5.41, 5.74) is 0. The molecule has 0 spiro atoms. The number of hydrogen-bond donors (Lipinski definition) is 1. The molecule has 18 heavy (non-hydrogen) atoms. The summed E-state index contributed by atoms with van der Waals surface area (Å²) in [6.07, 6.45) is 5.61. The van der Waals surface area contributed by atoms with Gasteiger partial charge in [-0.1, -0.05) is 13.3 Å². The Morgan fingerprint density at radius 3 is 2.28 bits per heavy atom. The Labute approximate surface area is 109 Å². The van der Waals surface area contributed by atoms with Crippen LogP contribution < -0.4 is 0 Å². The van der Waals surface area contributed by atoms with Gasteiger partial charge < -0.3 is 14.6 Å². The van der Waals surface area contributed by atoms with Crippen LogP contribution in [0.5, 0.6) is 0 Å². The van der Waals surface area contributed by atoms with Gasteiger partial charge in [-0.2, -0.15) is 0 Å². The maximum Gasteiger partial charge on any atom is 0.306 e. The van der Waals surface area contributed by atoms with Crippen molar-refractivity contribution in [3.05, 3.63) is 0 Å². The maximum atomic E-state index is 10.9. The Kier molecular flexibility index (Phi) is 5.01. The van der Waals surface area contributed by atoms with Gasteiger partial charge in [0.1, 0.15) is 0 Å². The molecule has 0 bridgehead atoms. The number of aliphatic carboxylic acids is 1. The zero-order valence-corrected chi connectivity index (χ0v) is 11.1. The Hall–Kier alpha value is -0.610. The van der Waals surface area contributed by atoms with E-state index in [1.54, 1.807) is 0 Å². The molecule has 0 aromatic carbocycles. The van der Waals surface area contributed by atoms with Crippen LogP contribution in [-0.2, 0) is 14.3 Å². The summed E-state index contributed by atoms with van der Waals surface area (Å²) in [5, 5.41) is 8.97. The highest BCUT2D eigenvalue weighted by atomic mass is 16.7. The summed E-state index contributed by atoms with van der Waals surface area (Å²) in [4.78, 5) is 10.9. The summed E-state index contributed by atoms with van der Waals surface area (Å²) in [6, 6.07) is 0. The Bertz CT molecular complexity index is 263. The lowest BCUT2D eigenvalue weighted by Gasteiger charge is -2.36. The highest BCUT2D eigenvalue weighted by Gasteiger charge is 2.34. The zero-order chi connectivity index (χ0) is 13.0. The second-order valence-corrected chi connectivity index (χ2v) is 5.64. The molecule has 2 rings (SSSR count). The van der Waals surface area contributed by atoms with Crippen molar-refractivity contribution < 1.29 is 19.4 Å². The van der Waals surface area contributed by atoms with Crippen LogP contribution in [0, 0.1) is 17.8 Å². The van der Waals surface area contributed by atoms with E-state index in [1.165, 1.54) is 12.8 Å². The Balaban J connectivity index is 1.73. The maximum absolute atomic E-state index is 10.9. The molecule has 0 atom stereocenters. The van der Waals surface area contributed by atoms with E-state index in [-0.39, 0.29) is 12.2 Å². The van der Waals surface area contributed by atoms with E-state index in [4.69, 9.17) is 14.6 Å². The summed E-state index contributed by atoms with van der Waals surface area (Å²) in [7, 11) is 0. The van der Waals surface area contributed by atoms with Gasteiger partial charge in [-0.3, -0.25) is 4.79 Å². The minimum atomic E-state index is -0.651. The highest BCUT2D eigenvalue weighted by molar-refractivity contribution is 5.69. The molecule has 0 amide bonds. The number of ether oxygens (including phenoxy) is 2. The number of carboxylic acids is 1. The van der Waals surface area contributed by atoms with Crippen LogP contribution in [0.1, 0.15) is 45.4 Å². The normalized spacial score (nSPS) is 37.4. The largest absolute Gasteiger partial charge is 0.481 e. The molecule has 1 aliphatic heterocycles. The molecule has 2 aliphatic rings. The van der Waals surface area contributed by atoms with Crippen LogP contribution >= 0.6 is 0 Å². The van der Waals surface area contributed by atoms with Crippen molar-refractivity contribution in [2.45, 2.75) is 51.7 Å². The van der Waals surface area contributed by atoms with Crippen LogP contribution in [0.2, 0.25) is 0 Å². The van der Waals surface area contributed by atoms with Gasteiger partial charge in [0.05, 0.1) is 19.1 Å². The van der Waals surface area contributed by atoms with E-state index in [1.807, 2.05) is 0 Å². The Morgan fingerprint density at radius 2 is 1.78 bits per heavy atom. The van der Waals surface area contributed by atoms with E-state index < -0.39 is 5.97 Å². The summed E-state index contributed by atoms with van der Waals surface area (Å²) < 4.78 is 11.6. The average molecular weight is 256 g/mol. The molecule has 1 N–H and O–H groups in total. The zero-order valence-electron chi connectivity index (χ0n) is 11.1. The molecule has 1 heterocycles. The lowest BCUT2D eigenvalue weighted by molar-refractivity contribution is -0.230. The first-order chi connectivity index (χ1) is 8.70. The van der Waals surface area contributed by atoms with Gasteiger partial charge in [-0.25, -0.2) is 0 Å². The highest BCUT2D eigenvalue weighted by Crippen LogP contribution is 2.34. The van der Waals surface area contributed by atoms with Gasteiger partial charge in [0.2, 0.25) is 0 Å². The summed E-state index contributed by atoms with van der Waals surface area (Å²) >= 11 is 0. The van der Waals surface area contributed by atoms with Gasteiger partial charge in [0.15, 0.2) is 6.29 Å². The predicted octanol–water partition coefficient (Wildman–Crippen LogP) is 2.67. The SMILES string of the molecule is CCCC1COC(C2CCC(C(=O)O)CC2)OC1. The van der Waals surface area contributed by atoms with E-state index in [2.05, 4.69) is 6.92 Å². The van der Waals surface area contributed by atoms with E-state index in [9.17, 15) is 4.79 Å². The number of carbonyl (C=O) groups is 1. The molecular formula is C14H24O4. The first-order valence-electron chi connectivity index (χ1n) is 7.16. The van der Waals surface area contributed by atoms with Crippen molar-refractivity contribution in [2.75, 3.05) is 13.2 Å². The van der Waals surface area contributed by atoms with Gasteiger partial charge in [0, 0.05) is 11.8 Å². The third kappa shape index (κ3) is 3.45. The van der Waals surface area contributed by atoms with Crippen molar-refractivity contribution in [1.29, 1.82) is 0 Å². The molecule has 0 unspecified atom stereocenters. The molecule has 2 fully saturated rings. The van der Waals surface area contributed by atoms with Crippen LogP contribution in [0.15, 0.2) is 0 Å². The molecule has 1 saturated heterocycles. The molecular weight excluding hydrogens is 232 g/mol. The molecule has 0 aromatic heterocycles. The summed E-state index contributed by atoms with van der Waals surface area (Å²) in [6.45, 7) is 3.79. The number of rotatable bonds is 4. The smallest absolute Gasteiger partial charge is 0.306 e. The van der Waals surface area contributed by atoms with Crippen molar-refractivity contribution >= 4 is 5.97 Å². The van der Waals surface area contributed by atoms with Crippen LogP contribution in [0.4, 0.5) is 0 Å². The van der Waals surface area contributed by atoms with Crippen molar-refractivity contribution in [3.8, 4) is 0 Å². The van der Waals surface area contributed by atoms with Crippen LogP contribution in [0.3, 0.4) is 0 Å². The first-order valence-corrected chi connectivity index (χ1v) is 7.16. The average Bonchev–Trinajstić information content (AvgIpc) is 2.40. The van der Waals surface area contributed by atoms with E-state index >= 15 is 0 Å². The van der Waals surface area contributed by atoms with Gasteiger partial charge in [-0.05, 0) is 32.1 Å². The standard InChI is InChI=1S/C14H24O4/c1-2-3-10-8-17-14(18-9-10)12-6-4-11(5-7-12)13(15)16/h10-12,14H,2-9H2,1H3,(H,15,16). The second-order valence-electron chi connectivity index (χ2n) is 5.64. The fourth-order valence-electron chi connectivity index (χ4n) is 3.04. The monoisotopic (exact) mass is 256 g/mol. The lowest BCUT2D eigenvalue weighted by Crippen LogP contribution is -2.39. The molecule has 4 heteroatoms. The molecule has 104 valence electrons. The Morgan fingerprint density at radius 1 is 1.17 bits per heavy atom. The minimum absolute atomic E-state index is 0.0900. The summed E-state index contributed by atoms with van der Waals surface area (Å²) in [5.74, 6) is 0.129. The third-order valence-electron chi connectivity index (χ3n) is 4.20. The first kappa shape index (κ1) is 13.8. The predicted molar refractivity (Wildman–Crippen MR) is 67.2 cm³/mol.